The van der Waals surface area contributed by atoms with Crippen molar-refractivity contribution in [2.24, 2.45) is 11.8 Å². The van der Waals surface area contributed by atoms with Crippen molar-refractivity contribution in [2.75, 3.05) is 32.5 Å². The lowest BCUT2D eigenvalue weighted by atomic mass is 10.0. The predicted octanol–water partition coefficient (Wildman–Crippen LogP) is 2.45. The second-order valence-electron chi connectivity index (χ2n) is 7.13. The van der Waals surface area contributed by atoms with Gasteiger partial charge in [-0.25, -0.2) is 0 Å². The van der Waals surface area contributed by atoms with E-state index in [1.165, 1.54) is 0 Å². The highest BCUT2D eigenvalue weighted by molar-refractivity contribution is 5.99. The Kier molecular flexibility index (Phi) is 6.37. The van der Waals surface area contributed by atoms with Gasteiger partial charge in [-0.1, -0.05) is 32.0 Å². The van der Waals surface area contributed by atoms with Crippen molar-refractivity contribution in [3.63, 3.8) is 0 Å². The van der Waals surface area contributed by atoms with Gasteiger partial charge in [-0.05, 0) is 51.0 Å². The van der Waals surface area contributed by atoms with Gasteiger partial charge in [-0.15, -0.1) is 0 Å². The van der Waals surface area contributed by atoms with Gasteiger partial charge in [0.05, 0.1) is 11.8 Å². The highest BCUT2D eigenvalue weighted by Crippen LogP contribution is 2.40. The van der Waals surface area contributed by atoms with Crippen LogP contribution >= 0.6 is 0 Å². The van der Waals surface area contributed by atoms with Crippen molar-refractivity contribution < 1.29 is 9.59 Å². The number of anilines is 1. The predicted molar refractivity (Wildman–Crippen MR) is 96.9 cm³/mol. The quantitative estimate of drug-likeness (QED) is 0.719. The maximum absolute atomic E-state index is 12.4. The van der Waals surface area contributed by atoms with Crippen LogP contribution in [0.1, 0.15) is 38.2 Å². The molecule has 2 rings (SSSR count). The van der Waals surface area contributed by atoms with Gasteiger partial charge >= 0.3 is 0 Å². The molecule has 1 aliphatic rings. The summed E-state index contributed by atoms with van der Waals surface area (Å²) in [4.78, 5) is 26.6. The third-order valence-electron chi connectivity index (χ3n) is 4.39. The number of rotatable bonds is 8. The topological polar surface area (TPSA) is 61.4 Å². The van der Waals surface area contributed by atoms with Crippen LogP contribution in [0.4, 0.5) is 5.69 Å². The van der Waals surface area contributed by atoms with Crippen LogP contribution in [0.25, 0.3) is 0 Å². The molecule has 0 aliphatic heterocycles. The highest BCUT2D eigenvalue weighted by atomic mass is 16.2. The molecule has 1 aromatic rings. The minimum atomic E-state index is -0.195. The number of hydrogen-bond donors (Lipinski definition) is 2. The molecule has 0 bridgehead atoms. The lowest BCUT2D eigenvalue weighted by molar-refractivity contribution is -0.125. The van der Waals surface area contributed by atoms with Crippen molar-refractivity contribution in [3.8, 4) is 0 Å². The summed E-state index contributed by atoms with van der Waals surface area (Å²) in [5.74, 6) is -0.0614. The molecule has 0 spiro atoms. The van der Waals surface area contributed by atoms with Crippen LogP contribution in [-0.4, -0.2) is 43.9 Å². The van der Waals surface area contributed by atoms with Crippen molar-refractivity contribution in [2.45, 2.75) is 32.6 Å². The molecule has 132 valence electrons. The molecule has 5 nitrogen and oxygen atoms in total. The van der Waals surface area contributed by atoms with Crippen LogP contribution in [-0.2, 0) is 9.59 Å². The zero-order valence-electron chi connectivity index (χ0n) is 15.1. The van der Waals surface area contributed by atoms with Gasteiger partial charge in [-0.3, -0.25) is 9.59 Å². The number of benzene rings is 1. The van der Waals surface area contributed by atoms with Crippen molar-refractivity contribution >= 4 is 17.5 Å². The normalized spacial score (nSPS) is 19.4. The Balaban J connectivity index is 1.80. The molecule has 0 radical (unpaired) electrons. The molecule has 1 saturated carbocycles. The Bertz CT molecular complexity index is 584. The van der Waals surface area contributed by atoms with Crippen LogP contribution in [0.2, 0.25) is 0 Å². The molecule has 0 aromatic heterocycles. The third-order valence-corrected chi connectivity index (χ3v) is 4.39. The molecule has 2 unspecified atom stereocenters. The summed E-state index contributed by atoms with van der Waals surface area (Å²) in [5.41, 5.74) is 1.98. The van der Waals surface area contributed by atoms with Crippen LogP contribution < -0.4 is 10.6 Å². The summed E-state index contributed by atoms with van der Waals surface area (Å²) < 4.78 is 0. The fraction of sp³-hybridized carbons (Fsp3) is 0.579. The zero-order valence-corrected chi connectivity index (χ0v) is 15.1. The average molecular weight is 331 g/mol. The Morgan fingerprint density at radius 1 is 1.17 bits per heavy atom. The third kappa shape index (κ3) is 5.06. The number of amides is 2. The maximum atomic E-state index is 12.4. The molecule has 24 heavy (non-hydrogen) atoms. The Labute approximate surface area is 144 Å². The average Bonchev–Trinajstić information content (AvgIpc) is 3.32. The minimum absolute atomic E-state index is 0.00560. The molecule has 2 atom stereocenters. The van der Waals surface area contributed by atoms with Crippen molar-refractivity contribution in [1.82, 2.24) is 10.2 Å². The number of carbonyl (C=O) groups is 2. The summed E-state index contributed by atoms with van der Waals surface area (Å²) >= 11 is 0. The number of nitrogens with zero attached hydrogens (tertiary/aromatic N) is 1. The van der Waals surface area contributed by atoms with E-state index in [2.05, 4.69) is 29.4 Å². The van der Waals surface area contributed by atoms with E-state index in [1.807, 2.05) is 38.4 Å². The van der Waals surface area contributed by atoms with Gasteiger partial charge in [0.2, 0.25) is 11.8 Å². The first-order valence-electron chi connectivity index (χ1n) is 8.72. The molecule has 1 aromatic carbocycles. The van der Waals surface area contributed by atoms with Gasteiger partial charge in [0.1, 0.15) is 0 Å². The van der Waals surface area contributed by atoms with E-state index in [-0.39, 0.29) is 23.7 Å². The van der Waals surface area contributed by atoms with Crippen LogP contribution in [0.15, 0.2) is 24.3 Å². The largest absolute Gasteiger partial charge is 0.356 e. The van der Waals surface area contributed by atoms with Crippen molar-refractivity contribution in [1.29, 1.82) is 0 Å². The van der Waals surface area contributed by atoms with Gasteiger partial charge in [0, 0.05) is 12.2 Å². The van der Waals surface area contributed by atoms with Crippen LogP contribution in [0.3, 0.4) is 0 Å². The number of para-hydroxylation sites is 1. The zero-order chi connectivity index (χ0) is 17.7. The Morgan fingerprint density at radius 3 is 2.50 bits per heavy atom. The molecule has 1 aliphatic carbocycles. The highest BCUT2D eigenvalue weighted by Gasteiger charge is 2.47. The standard InChI is InChI=1S/C19H29N3O2/c1-13(2)14-8-5-6-9-17(14)21-19(24)16-12-15(16)18(23)20-10-7-11-22(3)4/h5-6,8-9,13,15-16H,7,10-12H2,1-4H3,(H,20,23)(H,21,24). The molecular weight excluding hydrogens is 302 g/mol. The summed E-state index contributed by atoms with van der Waals surface area (Å²) in [6.45, 7) is 5.82. The molecule has 2 amide bonds. The molecule has 5 heteroatoms. The smallest absolute Gasteiger partial charge is 0.228 e. The van der Waals surface area contributed by atoms with Gasteiger partial charge in [0.15, 0.2) is 0 Å². The Hall–Kier alpha value is -1.88. The second kappa shape index (κ2) is 8.29. The molecule has 2 N–H and O–H groups in total. The van der Waals surface area contributed by atoms with Crippen LogP contribution in [0.5, 0.6) is 0 Å². The first-order valence-corrected chi connectivity index (χ1v) is 8.72. The van der Waals surface area contributed by atoms with Crippen LogP contribution in [0, 0.1) is 11.8 Å². The SMILES string of the molecule is CC(C)c1ccccc1NC(=O)C1CC1C(=O)NCCCN(C)C. The first kappa shape index (κ1) is 18.5. The van der Waals surface area contributed by atoms with Crippen molar-refractivity contribution in [3.05, 3.63) is 29.8 Å². The summed E-state index contributed by atoms with van der Waals surface area (Å²) in [6.07, 6.45) is 1.57. The van der Waals surface area contributed by atoms with E-state index in [0.717, 1.165) is 24.2 Å². The molecule has 0 heterocycles. The van der Waals surface area contributed by atoms with E-state index in [0.29, 0.717) is 18.9 Å². The monoisotopic (exact) mass is 331 g/mol. The van der Waals surface area contributed by atoms with E-state index >= 15 is 0 Å². The molecule has 1 fully saturated rings. The van der Waals surface area contributed by atoms with Gasteiger partial charge in [-0.2, -0.15) is 0 Å². The summed E-state index contributed by atoms with van der Waals surface area (Å²) in [6, 6.07) is 7.85. The molecular formula is C19H29N3O2. The van der Waals surface area contributed by atoms with Gasteiger partial charge in [0.25, 0.3) is 0 Å². The summed E-state index contributed by atoms with van der Waals surface area (Å²) in [7, 11) is 4.02. The second-order valence-corrected chi connectivity index (χ2v) is 7.13. The lowest BCUT2D eigenvalue weighted by Gasteiger charge is -2.13. The number of hydrogen-bond acceptors (Lipinski definition) is 3. The van der Waals surface area contributed by atoms with E-state index < -0.39 is 0 Å². The number of nitrogens with one attached hydrogen (secondary N) is 2. The lowest BCUT2D eigenvalue weighted by Crippen LogP contribution is -2.30. The summed E-state index contributed by atoms with van der Waals surface area (Å²) in [5, 5.41) is 5.93. The number of carbonyl (C=O) groups excluding carboxylic acids is 2. The molecule has 0 saturated heterocycles. The minimum Gasteiger partial charge on any atom is -0.356 e. The van der Waals surface area contributed by atoms with E-state index in [1.54, 1.807) is 0 Å². The maximum Gasteiger partial charge on any atom is 0.228 e. The van der Waals surface area contributed by atoms with E-state index in [9.17, 15) is 9.59 Å². The van der Waals surface area contributed by atoms with E-state index in [4.69, 9.17) is 0 Å². The van der Waals surface area contributed by atoms with Gasteiger partial charge < -0.3 is 15.5 Å². The fourth-order valence-corrected chi connectivity index (χ4v) is 2.85. The fourth-order valence-electron chi connectivity index (χ4n) is 2.85. The first-order chi connectivity index (χ1) is 11.4. The Morgan fingerprint density at radius 2 is 1.83 bits per heavy atom.